The molecule has 2 aromatic heterocycles. The van der Waals surface area contributed by atoms with E-state index in [9.17, 15) is 0 Å². The van der Waals surface area contributed by atoms with Crippen LogP contribution in [0.4, 0.5) is 0 Å². The summed E-state index contributed by atoms with van der Waals surface area (Å²) >= 11 is 3.51. The van der Waals surface area contributed by atoms with Crippen LogP contribution in [0.3, 0.4) is 0 Å². The molecule has 4 nitrogen and oxygen atoms in total. The van der Waals surface area contributed by atoms with Crippen LogP contribution in [0.5, 0.6) is 5.75 Å². The van der Waals surface area contributed by atoms with Crippen molar-refractivity contribution in [2.75, 3.05) is 14.2 Å². The largest absolute Gasteiger partial charge is 0.504 e. The van der Waals surface area contributed by atoms with Gasteiger partial charge in [0, 0.05) is 21.8 Å². The molecule has 2 heterocycles. The highest BCUT2D eigenvalue weighted by Crippen LogP contribution is 2.30. The SMILES string of the molecule is CO/C=C/c1c(-c2ccc(OC)cc2)nn2ccc(Br)cc12. The van der Waals surface area contributed by atoms with Gasteiger partial charge < -0.3 is 9.47 Å². The van der Waals surface area contributed by atoms with Gasteiger partial charge in [0.05, 0.1) is 26.0 Å². The standard InChI is InChI=1S/C17H15BrN2O2/c1-21-10-8-15-16-11-13(18)7-9-20(16)19-17(15)12-3-5-14(22-2)6-4-12/h3-11H,1-2H3/b10-8+. The first-order valence-electron chi connectivity index (χ1n) is 6.74. The molecule has 0 aliphatic rings. The first-order valence-corrected chi connectivity index (χ1v) is 7.54. The molecule has 0 aliphatic heterocycles. The van der Waals surface area contributed by atoms with Crippen molar-refractivity contribution in [2.24, 2.45) is 0 Å². The minimum atomic E-state index is 0.823. The fraction of sp³-hybridized carbons (Fsp3) is 0.118. The topological polar surface area (TPSA) is 35.8 Å². The van der Waals surface area contributed by atoms with Gasteiger partial charge in [-0.25, -0.2) is 4.52 Å². The summed E-state index contributed by atoms with van der Waals surface area (Å²) in [5.74, 6) is 0.823. The third-order valence-corrected chi connectivity index (χ3v) is 3.86. The maximum Gasteiger partial charge on any atom is 0.118 e. The van der Waals surface area contributed by atoms with Crippen molar-refractivity contribution >= 4 is 27.5 Å². The second-order valence-corrected chi connectivity index (χ2v) is 5.62. The van der Waals surface area contributed by atoms with E-state index in [2.05, 4.69) is 21.0 Å². The second-order valence-electron chi connectivity index (χ2n) is 4.70. The Balaban J connectivity index is 2.20. The number of rotatable bonds is 4. The first kappa shape index (κ1) is 14.7. The number of hydrogen-bond acceptors (Lipinski definition) is 3. The second kappa shape index (κ2) is 6.23. The molecule has 0 saturated heterocycles. The maximum absolute atomic E-state index is 5.21. The summed E-state index contributed by atoms with van der Waals surface area (Å²) in [7, 11) is 3.29. The summed E-state index contributed by atoms with van der Waals surface area (Å²) < 4.78 is 13.1. The predicted octanol–water partition coefficient (Wildman–Crippen LogP) is 4.39. The quantitative estimate of drug-likeness (QED) is 0.648. The monoisotopic (exact) mass is 358 g/mol. The Kier molecular flexibility index (Phi) is 4.15. The highest BCUT2D eigenvalue weighted by atomic mass is 79.9. The molecule has 0 unspecified atom stereocenters. The van der Waals surface area contributed by atoms with Crippen molar-refractivity contribution in [3.63, 3.8) is 0 Å². The number of nitrogens with zero attached hydrogens (tertiary/aromatic N) is 2. The van der Waals surface area contributed by atoms with Gasteiger partial charge in [-0.15, -0.1) is 0 Å². The van der Waals surface area contributed by atoms with Crippen molar-refractivity contribution in [3.05, 3.63) is 58.9 Å². The Hall–Kier alpha value is -2.27. The minimum Gasteiger partial charge on any atom is -0.504 e. The Labute approximate surface area is 137 Å². The number of benzene rings is 1. The molecular formula is C17H15BrN2O2. The van der Waals surface area contributed by atoms with E-state index in [1.54, 1.807) is 20.5 Å². The number of aromatic nitrogens is 2. The van der Waals surface area contributed by atoms with Crippen LogP contribution in [0.1, 0.15) is 5.56 Å². The molecule has 0 fully saturated rings. The molecule has 0 atom stereocenters. The highest BCUT2D eigenvalue weighted by Gasteiger charge is 2.13. The van der Waals surface area contributed by atoms with Gasteiger partial charge in [-0.1, -0.05) is 15.9 Å². The third kappa shape index (κ3) is 2.72. The Bertz CT molecular complexity index is 823. The molecule has 3 aromatic rings. The van der Waals surface area contributed by atoms with E-state index in [-0.39, 0.29) is 0 Å². The molecule has 5 heteroatoms. The van der Waals surface area contributed by atoms with E-state index in [0.717, 1.165) is 32.6 Å². The van der Waals surface area contributed by atoms with Gasteiger partial charge in [-0.05, 0) is 42.5 Å². The zero-order chi connectivity index (χ0) is 15.5. The number of pyridine rings is 1. The van der Waals surface area contributed by atoms with E-state index in [1.807, 2.05) is 53.2 Å². The van der Waals surface area contributed by atoms with Crippen LogP contribution in [0.15, 0.2) is 53.3 Å². The normalized spacial score (nSPS) is 11.2. The highest BCUT2D eigenvalue weighted by molar-refractivity contribution is 9.10. The summed E-state index contributed by atoms with van der Waals surface area (Å²) in [5, 5.41) is 4.68. The third-order valence-electron chi connectivity index (χ3n) is 3.37. The lowest BCUT2D eigenvalue weighted by Gasteiger charge is -2.02. The molecule has 0 bridgehead atoms. The van der Waals surface area contributed by atoms with Crippen molar-refractivity contribution in [1.82, 2.24) is 9.61 Å². The number of halogens is 1. The fourth-order valence-electron chi connectivity index (χ4n) is 2.30. The maximum atomic E-state index is 5.21. The van der Waals surface area contributed by atoms with E-state index >= 15 is 0 Å². The molecule has 0 amide bonds. The summed E-state index contributed by atoms with van der Waals surface area (Å²) in [6.45, 7) is 0. The number of ether oxygens (including phenoxy) is 2. The summed E-state index contributed by atoms with van der Waals surface area (Å²) in [4.78, 5) is 0. The average Bonchev–Trinajstić information content (AvgIpc) is 2.90. The Morgan fingerprint density at radius 3 is 2.59 bits per heavy atom. The van der Waals surface area contributed by atoms with Gasteiger partial charge >= 0.3 is 0 Å². The van der Waals surface area contributed by atoms with Gasteiger partial charge in [-0.3, -0.25) is 0 Å². The first-order chi connectivity index (χ1) is 10.7. The predicted molar refractivity (Wildman–Crippen MR) is 90.9 cm³/mol. The van der Waals surface area contributed by atoms with Gasteiger partial charge in [0.15, 0.2) is 0 Å². The van der Waals surface area contributed by atoms with Crippen molar-refractivity contribution in [3.8, 4) is 17.0 Å². The Morgan fingerprint density at radius 2 is 1.91 bits per heavy atom. The zero-order valence-electron chi connectivity index (χ0n) is 12.3. The summed E-state index contributed by atoms with van der Waals surface area (Å²) in [6, 6.07) is 11.9. The lowest BCUT2D eigenvalue weighted by molar-refractivity contribution is 0.341. The molecular weight excluding hydrogens is 344 g/mol. The van der Waals surface area contributed by atoms with Gasteiger partial charge in [0.25, 0.3) is 0 Å². The molecule has 0 N–H and O–H groups in total. The van der Waals surface area contributed by atoms with Crippen LogP contribution >= 0.6 is 15.9 Å². The van der Waals surface area contributed by atoms with E-state index in [4.69, 9.17) is 9.47 Å². The molecule has 0 spiro atoms. The zero-order valence-corrected chi connectivity index (χ0v) is 13.9. The Morgan fingerprint density at radius 1 is 1.14 bits per heavy atom. The van der Waals surface area contributed by atoms with Crippen molar-refractivity contribution in [1.29, 1.82) is 0 Å². The lowest BCUT2D eigenvalue weighted by atomic mass is 10.1. The molecule has 112 valence electrons. The number of methoxy groups -OCH3 is 2. The van der Waals surface area contributed by atoms with E-state index in [0.29, 0.717) is 0 Å². The fourth-order valence-corrected chi connectivity index (χ4v) is 2.64. The minimum absolute atomic E-state index is 0.823. The van der Waals surface area contributed by atoms with Crippen molar-refractivity contribution in [2.45, 2.75) is 0 Å². The molecule has 3 rings (SSSR count). The van der Waals surface area contributed by atoms with Crippen LogP contribution < -0.4 is 4.74 Å². The van der Waals surface area contributed by atoms with Crippen LogP contribution in [0, 0.1) is 0 Å². The number of fused-ring (bicyclic) bond motifs is 1. The number of hydrogen-bond donors (Lipinski definition) is 0. The molecule has 1 aromatic carbocycles. The molecule has 0 aliphatic carbocycles. The van der Waals surface area contributed by atoms with Gasteiger partial charge in [0.1, 0.15) is 11.4 Å². The van der Waals surface area contributed by atoms with E-state index in [1.165, 1.54) is 0 Å². The van der Waals surface area contributed by atoms with Crippen LogP contribution in [-0.2, 0) is 4.74 Å². The van der Waals surface area contributed by atoms with Gasteiger partial charge in [-0.2, -0.15) is 5.10 Å². The lowest BCUT2D eigenvalue weighted by Crippen LogP contribution is -1.86. The van der Waals surface area contributed by atoms with Crippen LogP contribution in [-0.4, -0.2) is 23.8 Å². The van der Waals surface area contributed by atoms with Crippen LogP contribution in [0.25, 0.3) is 22.9 Å². The average molecular weight is 359 g/mol. The van der Waals surface area contributed by atoms with Gasteiger partial charge in [0.2, 0.25) is 0 Å². The molecule has 0 radical (unpaired) electrons. The summed E-state index contributed by atoms with van der Waals surface area (Å²) in [6.07, 6.45) is 5.51. The van der Waals surface area contributed by atoms with E-state index < -0.39 is 0 Å². The molecule has 22 heavy (non-hydrogen) atoms. The molecule has 0 saturated carbocycles. The van der Waals surface area contributed by atoms with Crippen LogP contribution in [0.2, 0.25) is 0 Å². The summed E-state index contributed by atoms with van der Waals surface area (Å²) in [5.41, 5.74) is 3.94. The van der Waals surface area contributed by atoms with Crippen molar-refractivity contribution < 1.29 is 9.47 Å². The smallest absolute Gasteiger partial charge is 0.118 e.